The Morgan fingerprint density at radius 3 is 1.83 bits per heavy atom. The van der Waals surface area contributed by atoms with Crippen molar-refractivity contribution in [1.29, 1.82) is 0 Å². The van der Waals surface area contributed by atoms with Gasteiger partial charge in [-0.3, -0.25) is 4.55 Å². The number of unbranched alkanes of at least 4 members (excludes halogenated alkanes) is 7. The van der Waals surface area contributed by atoms with Crippen molar-refractivity contribution in [3.63, 3.8) is 0 Å². The van der Waals surface area contributed by atoms with Crippen molar-refractivity contribution in [2.24, 2.45) is 17.4 Å². The second kappa shape index (κ2) is 12.2. The molecule has 0 heterocycles. The molecule has 0 fully saturated rings. The van der Waals surface area contributed by atoms with Gasteiger partial charge in [0, 0.05) is 6.04 Å². The van der Waals surface area contributed by atoms with Gasteiger partial charge in [0.2, 0.25) is 0 Å². The Balaban J connectivity index is 3.81. The molecule has 24 heavy (non-hydrogen) atoms. The molecule has 5 nitrogen and oxygen atoms in total. The molecular weight excluding hydrogens is 324 g/mol. The molecule has 2 unspecified atom stereocenters. The minimum atomic E-state index is -4.24. The molecule has 0 aliphatic heterocycles. The summed E-state index contributed by atoms with van der Waals surface area (Å²) in [5.41, 5.74) is 12.1. The van der Waals surface area contributed by atoms with E-state index in [1.54, 1.807) is 13.8 Å². The summed E-state index contributed by atoms with van der Waals surface area (Å²) in [5.74, 6) is -0.317. The van der Waals surface area contributed by atoms with Crippen molar-refractivity contribution in [2.45, 2.75) is 109 Å². The van der Waals surface area contributed by atoms with Gasteiger partial charge in [0.25, 0.3) is 10.1 Å². The van der Waals surface area contributed by atoms with E-state index >= 15 is 0 Å². The van der Waals surface area contributed by atoms with Crippen LogP contribution in [0.3, 0.4) is 0 Å². The van der Waals surface area contributed by atoms with Crippen LogP contribution >= 0.6 is 0 Å². The van der Waals surface area contributed by atoms with E-state index in [2.05, 4.69) is 6.92 Å². The molecule has 0 aromatic rings. The van der Waals surface area contributed by atoms with Crippen molar-refractivity contribution >= 4 is 10.1 Å². The first kappa shape index (κ1) is 23.8. The molecule has 2 atom stereocenters. The summed E-state index contributed by atoms with van der Waals surface area (Å²) in [6.07, 6.45) is 12.6. The van der Waals surface area contributed by atoms with E-state index in [4.69, 9.17) is 11.5 Å². The van der Waals surface area contributed by atoms with E-state index in [-0.39, 0.29) is 18.4 Å². The van der Waals surface area contributed by atoms with Gasteiger partial charge in [0.1, 0.15) is 4.87 Å². The summed E-state index contributed by atoms with van der Waals surface area (Å²) in [5, 5.41) is 0. The lowest BCUT2D eigenvalue weighted by molar-refractivity contribution is 0.334. The van der Waals surface area contributed by atoms with Gasteiger partial charge in [-0.25, -0.2) is 0 Å². The zero-order chi connectivity index (χ0) is 18.6. The first-order valence-corrected chi connectivity index (χ1v) is 11.1. The molecule has 0 aliphatic carbocycles. The summed E-state index contributed by atoms with van der Waals surface area (Å²) in [6, 6.07) is 0.241. The lowest BCUT2D eigenvalue weighted by atomic mass is 9.96. The van der Waals surface area contributed by atoms with E-state index < -0.39 is 15.0 Å². The first-order valence-electron chi connectivity index (χ1n) is 9.66. The predicted molar refractivity (Wildman–Crippen MR) is 102 cm³/mol. The molecule has 0 aromatic carbocycles. The topological polar surface area (TPSA) is 106 Å². The Kier molecular flexibility index (Phi) is 12.1. The summed E-state index contributed by atoms with van der Waals surface area (Å²) in [6.45, 7) is 5.68. The summed E-state index contributed by atoms with van der Waals surface area (Å²) >= 11 is 0. The molecule has 0 saturated heterocycles. The molecule has 0 spiro atoms. The number of hydrogen-bond acceptors (Lipinski definition) is 4. The maximum atomic E-state index is 11.5. The fraction of sp³-hybridized carbons (Fsp3) is 1.00. The molecule has 5 N–H and O–H groups in total. The minimum Gasteiger partial charge on any atom is -0.328 e. The van der Waals surface area contributed by atoms with Crippen molar-refractivity contribution < 1.29 is 13.0 Å². The van der Waals surface area contributed by atoms with Crippen LogP contribution in [0.1, 0.15) is 97.8 Å². The maximum Gasteiger partial charge on any atom is 0.284 e. The number of nitrogens with two attached hydrogens (primary N) is 2. The van der Waals surface area contributed by atoms with Crippen LogP contribution in [0.5, 0.6) is 0 Å². The van der Waals surface area contributed by atoms with Crippen LogP contribution in [0.25, 0.3) is 0 Å². The highest BCUT2D eigenvalue weighted by atomic mass is 32.2. The zero-order valence-corrected chi connectivity index (χ0v) is 16.8. The van der Waals surface area contributed by atoms with E-state index in [0.717, 1.165) is 25.7 Å². The highest BCUT2D eigenvalue weighted by molar-refractivity contribution is 7.87. The predicted octanol–water partition coefficient (Wildman–Crippen LogP) is 4.21. The Bertz CT molecular complexity index is 412. The SMILES string of the molecule is CCCCCCCCC(N)CCCCCC(N)(C(C)C)S(=O)(=O)O. The standard InChI is InChI=1S/C18H40N2O3S/c1-4-5-6-7-8-10-13-17(19)14-11-9-12-15-18(20,16(2)3)24(21,22)23/h16-17H,4-15,19-20H2,1-3H3,(H,21,22,23). The molecule has 0 radical (unpaired) electrons. The van der Waals surface area contributed by atoms with Gasteiger partial charge < -0.3 is 11.5 Å². The molecule has 6 heteroatoms. The van der Waals surface area contributed by atoms with Gasteiger partial charge in [0.15, 0.2) is 0 Å². The molecule has 146 valence electrons. The third kappa shape index (κ3) is 9.35. The molecule has 0 saturated carbocycles. The Morgan fingerprint density at radius 2 is 1.38 bits per heavy atom. The summed E-state index contributed by atoms with van der Waals surface area (Å²) in [4.78, 5) is -1.53. The van der Waals surface area contributed by atoms with Crippen LogP contribution in [0.2, 0.25) is 0 Å². The van der Waals surface area contributed by atoms with E-state index in [1.807, 2.05) is 0 Å². The number of rotatable bonds is 15. The average Bonchev–Trinajstić information content (AvgIpc) is 2.48. The van der Waals surface area contributed by atoms with Gasteiger partial charge in [-0.2, -0.15) is 8.42 Å². The van der Waals surface area contributed by atoms with Gasteiger partial charge in [-0.05, 0) is 25.2 Å². The molecule has 0 amide bonds. The minimum absolute atomic E-state index is 0.241. The smallest absolute Gasteiger partial charge is 0.284 e. The van der Waals surface area contributed by atoms with Crippen molar-refractivity contribution in [2.75, 3.05) is 0 Å². The lowest BCUT2D eigenvalue weighted by Gasteiger charge is -2.30. The van der Waals surface area contributed by atoms with Gasteiger partial charge in [0.05, 0.1) is 0 Å². The highest BCUT2D eigenvalue weighted by Gasteiger charge is 2.41. The molecule has 0 bridgehead atoms. The van der Waals surface area contributed by atoms with Crippen LogP contribution in [-0.2, 0) is 10.1 Å². The fourth-order valence-electron chi connectivity index (χ4n) is 3.03. The molecular formula is C18H40N2O3S. The Morgan fingerprint density at radius 1 is 0.917 bits per heavy atom. The highest BCUT2D eigenvalue weighted by Crippen LogP contribution is 2.27. The van der Waals surface area contributed by atoms with Crippen LogP contribution in [0.4, 0.5) is 0 Å². The van der Waals surface area contributed by atoms with Crippen LogP contribution in [0, 0.1) is 5.92 Å². The largest absolute Gasteiger partial charge is 0.328 e. The Hall–Kier alpha value is -0.170. The molecule has 0 rings (SSSR count). The van der Waals surface area contributed by atoms with Crippen LogP contribution in [0.15, 0.2) is 0 Å². The van der Waals surface area contributed by atoms with Gasteiger partial charge >= 0.3 is 0 Å². The fourth-order valence-corrected chi connectivity index (χ4v) is 4.03. The zero-order valence-electron chi connectivity index (χ0n) is 16.0. The normalized spacial score (nSPS) is 16.3. The van der Waals surface area contributed by atoms with E-state index in [0.29, 0.717) is 6.42 Å². The molecule has 0 aromatic heterocycles. The van der Waals surface area contributed by atoms with Crippen molar-refractivity contribution in [3.05, 3.63) is 0 Å². The van der Waals surface area contributed by atoms with Gasteiger partial charge in [-0.1, -0.05) is 78.6 Å². The average molecular weight is 365 g/mol. The number of hydrogen-bond donors (Lipinski definition) is 3. The van der Waals surface area contributed by atoms with Crippen molar-refractivity contribution in [3.8, 4) is 0 Å². The third-order valence-electron chi connectivity index (χ3n) is 5.03. The second-order valence-electron chi connectivity index (χ2n) is 7.50. The molecule has 0 aliphatic rings. The monoisotopic (exact) mass is 364 g/mol. The van der Waals surface area contributed by atoms with Crippen molar-refractivity contribution in [1.82, 2.24) is 0 Å². The Labute approximate surface area is 149 Å². The first-order chi connectivity index (χ1) is 11.1. The van der Waals surface area contributed by atoms with E-state index in [1.165, 1.54) is 38.5 Å². The summed E-state index contributed by atoms with van der Waals surface area (Å²) < 4.78 is 32.3. The summed E-state index contributed by atoms with van der Waals surface area (Å²) in [7, 11) is -4.24. The second-order valence-corrected chi connectivity index (χ2v) is 9.21. The van der Waals surface area contributed by atoms with E-state index in [9.17, 15) is 13.0 Å². The van der Waals surface area contributed by atoms with Gasteiger partial charge in [-0.15, -0.1) is 0 Å². The van der Waals surface area contributed by atoms with Crippen LogP contribution < -0.4 is 11.5 Å². The van der Waals surface area contributed by atoms with Crippen LogP contribution in [-0.4, -0.2) is 23.9 Å². The maximum absolute atomic E-state index is 11.5. The lowest BCUT2D eigenvalue weighted by Crippen LogP contribution is -2.51. The third-order valence-corrected chi connectivity index (χ3v) is 6.66. The quantitative estimate of drug-likeness (QED) is 0.298.